The summed E-state index contributed by atoms with van der Waals surface area (Å²) in [5, 5.41) is 6.12. The van der Waals surface area contributed by atoms with E-state index in [9.17, 15) is 14.0 Å². The summed E-state index contributed by atoms with van der Waals surface area (Å²) in [5.74, 6) is 1.79. The van der Waals surface area contributed by atoms with Crippen molar-refractivity contribution in [3.05, 3.63) is 30.1 Å². The van der Waals surface area contributed by atoms with Crippen molar-refractivity contribution in [1.82, 2.24) is 10.2 Å². The molecule has 0 saturated heterocycles. The SMILES string of the molecule is C[C@@H](C(=O)NC12CC3CC(CC(C3)C1)C2)N(C)CC(=O)Nc1ccc(F)cc1. The fourth-order valence-electron chi connectivity index (χ4n) is 5.93. The minimum absolute atomic E-state index is 0.0130. The Morgan fingerprint density at radius 3 is 2.18 bits per heavy atom. The molecule has 1 atom stereocenters. The largest absolute Gasteiger partial charge is 0.349 e. The fourth-order valence-corrected chi connectivity index (χ4v) is 5.93. The van der Waals surface area contributed by atoms with E-state index in [0.717, 1.165) is 37.0 Å². The van der Waals surface area contributed by atoms with Crippen molar-refractivity contribution in [2.75, 3.05) is 18.9 Å². The van der Waals surface area contributed by atoms with Crippen molar-refractivity contribution in [2.24, 2.45) is 17.8 Å². The minimum Gasteiger partial charge on any atom is -0.349 e. The highest BCUT2D eigenvalue weighted by Gasteiger charge is 2.51. The Balaban J connectivity index is 1.31. The van der Waals surface area contributed by atoms with Gasteiger partial charge < -0.3 is 10.6 Å². The Morgan fingerprint density at radius 2 is 1.64 bits per heavy atom. The maximum absolute atomic E-state index is 13.0. The number of rotatable bonds is 6. The van der Waals surface area contributed by atoms with Crippen molar-refractivity contribution in [3.8, 4) is 0 Å². The van der Waals surface area contributed by atoms with Crippen molar-refractivity contribution in [3.63, 3.8) is 0 Å². The summed E-state index contributed by atoms with van der Waals surface area (Å²) in [5.41, 5.74) is 0.530. The van der Waals surface area contributed by atoms with Crippen LogP contribution >= 0.6 is 0 Å². The molecular weight excluding hydrogens is 357 g/mol. The van der Waals surface area contributed by atoms with Crippen LogP contribution in [-0.2, 0) is 9.59 Å². The van der Waals surface area contributed by atoms with Crippen molar-refractivity contribution >= 4 is 17.5 Å². The van der Waals surface area contributed by atoms with Crippen LogP contribution in [0.4, 0.5) is 10.1 Å². The van der Waals surface area contributed by atoms with Crippen LogP contribution in [0.2, 0.25) is 0 Å². The van der Waals surface area contributed by atoms with Gasteiger partial charge in [-0.3, -0.25) is 14.5 Å². The molecule has 5 rings (SSSR count). The molecule has 4 aliphatic rings. The van der Waals surface area contributed by atoms with Gasteiger partial charge in [-0.05, 0) is 94.5 Å². The van der Waals surface area contributed by atoms with E-state index in [1.165, 1.54) is 43.5 Å². The molecule has 28 heavy (non-hydrogen) atoms. The number of amides is 2. The highest BCUT2D eigenvalue weighted by atomic mass is 19.1. The zero-order chi connectivity index (χ0) is 19.9. The first kappa shape index (κ1) is 19.4. The zero-order valence-corrected chi connectivity index (χ0v) is 16.7. The molecular formula is C22H30FN3O2. The van der Waals surface area contributed by atoms with E-state index in [1.54, 1.807) is 11.9 Å². The van der Waals surface area contributed by atoms with Crippen LogP contribution in [0, 0.1) is 23.6 Å². The summed E-state index contributed by atoms with van der Waals surface area (Å²) >= 11 is 0. The summed E-state index contributed by atoms with van der Waals surface area (Å²) in [4.78, 5) is 26.9. The van der Waals surface area contributed by atoms with Crippen LogP contribution < -0.4 is 10.6 Å². The third-order valence-corrected chi connectivity index (χ3v) is 6.99. The summed E-state index contributed by atoms with van der Waals surface area (Å²) in [7, 11) is 1.79. The third-order valence-electron chi connectivity index (χ3n) is 6.99. The molecule has 0 spiro atoms. The minimum atomic E-state index is -0.382. The van der Waals surface area contributed by atoms with Crippen molar-refractivity contribution < 1.29 is 14.0 Å². The molecule has 0 heterocycles. The predicted octanol–water partition coefficient (Wildman–Crippen LogP) is 3.17. The second kappa shape index (κ2) is 7.47. The summed E-state index contributed by atoms with van der Waals surface area (Å²) in [6.07, 6.45) is 7.38. The van der Waals surface area contributed by atoms with Crippen molar-refractivity contribution in [2.45, 2.75) is 57.0 Å². The Bertz CT molecular complexity index is 713. The zero-order valence-electron chi connectivity index (χ0n) is 16.7. The van der Waals surface area contributed by atoms with Gasteiger partial charge in [-0.2, -0.15) is 0 Å². The second-order valence-corrected chi connectivity index (χ2v) is 9.33. The van der Waals surface area contributed by atoms with E-state index in [-0.39, 0.29) is 35.8 Å². The molecule has 2 N–H and O–H groups in total. The van der Waals surface area contributed by atoms with Gasteiger partial charge in [0.25, 0.3) is 0 Å². The average Bonchev–Trinajstić information content (AvgIpc) is 2.61. The van der Waals surface area contributed by atoms with Crippen LogP contribution in [-0.4, -0.2) is 41.9 Å². The Hall–Kier alpha value is -1.95. The first-order valence-corrected chi connectivity index (χ1v) is 10.4. The number of benzene rings is 1. The van der Waals surface area contributed by atoms with Gasteiger partial charge in [0.15, 0.2) is 0 Å². The Labute approximate surface area is 166 Å². The molecule has 0 unspecified atom stereocenters. The van der Waals surface area contributed by atoms with Crippen molar-refractivity contribution in [1.29, 1.82) is 0 Å². The van der Waals surface area contributed by atoms with E-state index >= 15 is 0 Å². The van der Waals surface area contributed by atoms with E-state index in [2.05, 4.69) is 10.6 Å². The number of halogens is 1. The third kappa shape index (κ3) is 4.07. The predicted molar refractivity (Wildman–Crippen MR) is 106 cm³/mol. The van der Waals surface area contributed by atoms with Gasteiger partial charge in [-0.15, -0.1) is 0 Å². The van der Waals surface area contributed by atoms with Gasteiger partial charge in [0.2, 0.25) is 11.8 Å². The van der Waals surface area contributed by atoms with Crippen LogP contribution in [0.5, 0.6) is 0 Å². The fraction of sp³-hybridized carbons (Fsp3) is 0.636. The maximum Gasteiger partial charge on any atom is 0.238 e. The number of carbonyl (C=O) groups excluding carboxylic acids is 2. The molecule has 6 heteroatoms. The lowest BCUT2D eigenvalue weighted by atomic mass is 9.53. The van der Waals surface area contributed by atoms with Gasteiger partial charge in [0.05, 0.1) is 12.6 Å². The van der Waals surface area contributed by atoms with Gasteiger partial charge in [0.1, 0.15) is 5.82 Å². The second-order valence-electron chi connectivity index (χ2n) is 9.33. The number of hydrogen-bond donors (Lipinski definition) is 2. The van der Waals surface area contributed by atoms with E-state index in [4.69, 9.17) is 0 Å². The van der Waals surface area contributed by atoms with Gasteiger partial charge in [0, 0.05) is 11.2 Å². The van der Waals surface area contributed by atoms with Gasteiger partial charge in [-0.25, -0.2) is 4.39 Å². The molecule has 2 amide bonds. The summed E-state index contributed by atoms with van der Waals surface area (Å²) < 4.78 is 13.0. The smallest absolute Gasteiger partial charge is 0.238 e. The molecule has 4 fully saturated rings. The van der Waals surface area contributed by atoms with Gasteiger partial charge in [-0.1, -0.05) is 0 Å². The molecule has 4 bridgehead atoms. The number of likely N-dealkylation sites (N-methyl/N-ethyl adjacent to an activating group) is 1. The van der Waals surface area contributed by atoms with E-state index in [0.29, 0.717) is 5.69 Å². The lowest BCUT2D eigenvalue weighted by Crippen LogP contribution is -2.62. The first-order valence-electron chi connectivity index (χ1n) is 10.4. The number of nitrogens with one attached hydrogen (secondary N) is 2. The van der Waals surface area contributed by atoms with Crippen LogP contribution in [0.3, 0.4) is 0 Å². The molecule has 4 aliphatic carbocycles. The molecule has 4 saturated carbocycles. The summed E-state index contributed by atoms with van der Waals surface area (Å²) in [6.45, 7) is 1.95. The number of hydrogen-bond acceptors (Lipinski definition) is 3. The van der Waals surface area contributed by atoms with E-state index in [1.807, 2.05) is 6.92 Å². The average molecular weight is 387 g/mol. The molecule has 0 aliphatic heterocycles. The number of nitrogens with zero attached hydrogens (tertiary/aromatic N) is 1. The van der Waals surface area contributed by atoms with Gasteiger partial charge >= 0.3 is 0 Å². The molecule has 0 aromatic heterocycles. The Kier molecular flexibility index (Phi) is 5.17. The van der Waals surface area contributed by atoms with Crippen LogP contribution in [0.25, 0.3) is 0 Å². The normalized spacial score (nSPS) is 31.6. The first-order chi connectivity index (χ1) is 13.3. The molecule has 0 radical (unpaired) electrons. The highest BCUT2D eigenvalue weighted by molar-refractivity contribution is 5.92. The molecule has 152 valence electrons. The summed E-state index contributed by atoms with van der Waals surface area (Å²) in [6, 6.07) is 5.28. The lowest BCUT2D eigenvalue weighted by Gasteiger charge is -2.57. The number of anilines is 1. The quantitative estimate of drug-likeness (QED) is 0.788. The van der Waals surface area contributed by atoms with Crippen LogP contribution in [0.15, 0.2) is 24.3 Å². The van der Waals surface area contributed by atoms with Crippen LogP contribution in [0.1, 0.15) is 45.4 Å². The highest BCUT2D eigenvalue weighted by Crippen LogP contribution is 2.55. The standard InChI is InChI=1S/C22H30FN3O2/c1-14(26(2)13-20(27)24-19-5-3-18(23)4-6-19)21(28)25-22-10-15-7-16(11-22)9-17(8-15)12-22/h3-6,14-17H,7-13H2,1-2H3,(H,24,27)(H,25,28)/t14-,15?,16?,17?,22?/m0/s1. The number of carbonyl (C=O) groups is 2. The Morgan fingerprint density at radius 1 is 1.11 bits per heavy atom. The topological polar surface area (TPSA) is 61.4 Å². The monoisotopic (exact) mass is 387 g/mol. The van der Waals surface area contributed by atoms with E-state index < -0.39 is 0 Å². The molecule has 1 aromatic carbocycles. The maximum atomic E-state index is 13.0. The lowest BCUT2D eigenvalue weighted by molar-refractivity contribution is -0.131. The molecule has 1 aromatic rings. The molecule has 5 nitrogen and oxygen atoms in total.